The van der Waals surface area contributed by atoms with Gasteiger partial charge >= 0.3 is 12.1 Å². The van der Waals surface area contributed by atoms with Gasteiger partial charge in [0, 0.05) is 0 Å². The predicted molar refractivity (Wildman–Crippen MR) is 60.1 cm³/mol. The van der Waals surface area contributed by atoms with E-state index in [0.717, 1.165) is 25.7 Å². The lowest BCUT2D eigenvalue weighted by atomic mass is 10.2. The van der Waals surface area contributed by atoms with Gasteiger partial charge in [-0.2, -0.15) is 0 Å². The van der Waals surface area contributed by atoms with Gasteiger partial charge in [-0.15, -0.1) is 0 Å². The van der Waals surface area contributed by atoms with Gasteiger partial charge in [0.25, 0.3) is 0 Å². The molecule has 0 saturated heterocycles. The van der Waals surface area contributed by atoms with Crippen LogP contribution in [0.15, 0.2) is 0 Å². The first kappa shape index (κ1) is 14.7. The number of esters is 1. The number of unbranched alkanes of at least 4 members (excludes halogenated alkanes) is 3. The summed E-state index contributed by atoms with van der Waals surface area (Å²) in [4.78, 5) is 21.9. The van der Waals surface area contributed by atoms with Crippen molar-refractivity contribution >= 4 is 12.1 Å². The van der Waals surface area contributed by atoms with Gasteiger partial charge in [0.05, 0.1) is 13.2 Å². The standard InChI is InChI=1S/C11H21NO4/c1-3-5-6-7-8-16-11(14)12-9-10(13)15-4-2/h3-9H2,1-2H3,(H,12,14). The largest absolute Gasteiger partial charge is 0.465 e. The third kappa shape index (κ3) is 9.30. The first-order valence-electron chi connectivity index (χ1n) is 5.77. The van der Waals surface area contributed by atoms with E-state index in [1.807, 2.05) is 0 Å². The number of amides is 1. The first-order valence-corrected chi connectivity index (χ1v) is 5.77. The van der Waals surface area contributed by atoms with E-state index in [2.05, 4.69) is 17.0 Å². The molecular formula is C11H21NO4. The van der Waals surface area contributed by atoms with Crippen molar-refractivity contribution in [3.05, 3.63) is 0 Å². The van der Waals surface area contributed by atoms with Crippen LogP contribution < -0.4 is 5.32 Å². The molecule has 0 spiro atoms. The maximum Gasteiger partial charge on any atom is 0.407 e. The molecule has 0 heterocycles. The molecule has 5 heteroatoms. The molecule has 16 heavy (non-hydrogen) atoms. The number of rotatable bonds is 8. The highest BCUT2D eigenvalue weighted by Crippen LogP contribution is 1.98. The van der Waals surface area contributed by atoms with Crippen molar-refractivity contribution in [1.29, 1.82) is 0 Å². The van der Waals surface area contributed by atoms with E-state index in [9.17, 15) is 9.59 Å². The fourth-order valence-electron chi connectivity index (χ4n) is 1.10. The highest BCUT2D eigenvalue weighted by atomic mass is 16.6. The van der Waals surface area contributed by atoms with Gasteiger partial charge in [-0.05, 0) is 13.3 Å². The lowest BCUT2D eigenvalue weighted by molar-refractivity contribution is -0.141. The summed E-state index contributed by atoms with van der Waals surface area (Å²) in [5.74, 6) is -0.453. The maximum atomic E-state index is 11.0. The number of ether oxygens (including phenoxy) is 2. The molecule has 0 fully saturated rings. The first-order chi connectivity index (χ1) is 7.70. The van der Waals surface area contributed by atoms with Crippen LogP contribution in [0.5, 0.6) is 0 Å². The van der Waals surface area contributed by atoms with Gasteiger partial charge in [0.2, 0.25) is 0 Å². The Labute approximate surface area is 96.5 Å². The van der Waals surface area contributed by atoms with Gasteiger partial charge in [-0.1, -0.05) is 26.2 Å². The predicted octanol–water partition coefficient (Wildman–Crippen LogP) is 1.86. The second-order valence-electron chi connectivity index (χ2n) is 3.36. The molecular weight excluding hydrogens is 210 g/mol. The molecule has 0 atom stereocenters. The van der Waals surface area contributed by atoms with Crippen LogP contribution >= 0.6 is 0 Å². The molecule has 0 unspecified atom stereocenters. The van der Waals surface area contributed by atoms with E-state index in [1.165, 1.54) is 0 Å². The Hall–Kier alpha value is -1.26. The van der Waals surface area contributed by atoms with Crippen molar-refractivity contribution in [1.82, 2.24) is 5.32 Å². The topological polar surface area (TPSA) is 64.6 Å². The lowest BCUT2D eigenvalue weighted by Gasteiger charge is -2.06. The van der Waals surface area contributed by atoms with Crippen LogP contribution in [0.2, 0.25) is 0 Å². The van der Waals surface area contributed by atoms with Gasteiger partial charge < -0.3 is 14.8 Å². The monoisotopic (exact) mass is 231 g/mol. The molecule has 0 radical (unpaired) electrons. The third-order valence-corrected chi connectivity index (χ3v) is 1.91. The van der Waals surface area contributed by atoms with Crippen LogP contribution in [0, 0.1) is 0 Å². The Morgan fingerprint density at radius 1 is 1.06 bits per heavy atom. The quantitative estimate of drug-likeness (QED) is 0.511. The summed E-state index contributed by atoms with van der Waals surface area (Å²) in [5, 5.41) is 2.32. The molecule has 0 aliphatic heterocycles. The van der Waals surface area contributed by atoms with Gasteiger partial charge in [-0.3, -0.25) is 4.79 Å². The summed E-state index contributed by atoms with van der Waals surface area (Å²) in [5.41, 5.74) is 0. The number of carbonyl (C=O) groups is 2. The summed E-state index contributed by atoms with van der Waals surface area (Å²) < 4.78 is 9.50. The van der Waals surface area contributed by atoms with E-state index >= 15 is 0 Å². The fraction of sp³-hybridized carbons (Fsp3) is 0.818. The Morgan fingerprint density at radius 3 is 2.44 bits per heavy atom. The van der Waals surface area contributed by atoms with Crippen LogP contribution in [0.25, 0.3) is 0 Å². The van der Waals surface area contributed by atoms with Crippen molar-refractivity contribution in [2.45, 2.75) is 39.5 Å². The summed E-state index contributed by atoms with van der Waals surface area (Å²) in [6.45, 7) is 4.40. The average Bonchev–Trinajstić information content (AvgIpc) is 2.26. The molecule has 1 amide bonds. The van der Waals surface area contributed by atoms with Crippen molar-refractivity contribution < 1.29 is 19.1 Å². The maximum absolute atomic E-state index is 11.0. The molecule has 5 nitrogen and oxygen atoms in total. The van der Waals surface area contributed by atoms with E-state index in [4.69, 9.17) is 4.74 Å². The molecule has 0 aromatic carbocycles. The number of alkyl carbamates (subject to hydrolysis) is 1. The molecule has 0 aliphatic rings. The molecule has 0 rings (SSSR count). The van der Waals surface area contributed by atoms with E-state index in [0.29, 0.717) is 13.2 Å². The number of nitrogens with one attached hydrogen (secondary N) is 1. The number of hydrogen-bond donors (Lipinski definition) is 1. The minimum absolute atomic E-state index is 0.137. The normalized spacial score (nSPS) is 9.62. The zero-order valence-corrected chi connectivity index (χ0v) is 10.1. The minimum Gasteiger partial charge on any atom is -0.465 e. The Bertz CT molecular complexity index is 206. The zero-order chi connectivity index (χ0) is 12.2. The highest BCUT2D eigenvalue weighted by molar-refractivity contribution is 5.77. The van der Waals surface area contributed by atoms with E-state index in [-0.39, 0.29) is 6.54 Å². The van der Waals surface area contributed by atoms with E-state index in [1.54, 1.807) is 6.92 Å². The van der Waals surface area contributed by atoms with Gasteiger partial charge in [0.15, 0.2) is 0 Å². The Morgan fingerprint density at radius 2 is 1.81 bits per heavy atom. The molecule has 0 aliphatic carbocycles. The van der Waals surface area contributed by atoms with Crippen molar-refractivity contribution in [3.8, 4) is 0 Å². The van der Waals surface area contributed by atoms with Crippen LogP contribution in [0.3, 0.4) is 0 Å². The highest BCUT2D eigenvalue weighted by Gasteiger charge is 2.05. The fourth-order valence-corrected chi connectivity index (χ4v) is 1.10. The van der Waals surface area contributed by atoms with Crippen molar-refractivity contribution in [2.24, 2.45) is 0 Å². The van der Waals surface area contributed by atoms with Crippen molar-refractivity contribution in [2.75, 3.05) is 19.8 Å². The summed E-state index contributed by atoms with van der Waals surface area (Å²) in [6.07, 6.45) is 3.65. The van der Waals surface area contributed by atoms with Gasteiger partial charge in [0.1, 0.15) is 6.54 Å². The summed E-state index contributed by atoms with van der Waals surface area (Å²) in [7, 11) is 0. The summed E-state index contributed by atoms with van der Waals surface area (Å²) >= 11 is 0. The molecule has 0 aromatic heterocycles. The van der Waals surface area contributed by atoms with Gasteiger partial charge in [-0.25, -0.2) is 4.79 Å². The molecule has 0 saturated carbocycles. The van der Waals surface area contributed by atoms with Crippen LogP contribution in [-0.4, -0.2) is 31.8 Å². The number of carbonyl (C=O) groups excluding carboxylic acids is 2. The van der Waals surface area contributed by atoms with Crippen LogP contribution in [0.1, 0.15) is 39.5 Å². The Balaban J connectivity index is 3.34. The SMILES string of the molecule is CCCCCCOC(=O)NCC(=O)OCC. The number of hydrogen-bond acceptors (Lipinski definition) is 4. The second-order valence-corrected chi connectivity index (χ2v) is 3.36. The summed E-state index contributed by atoms with van der Waals surface area (Å²) in [6, 6.07) is 0. The second kappa shape index (κ2) is 10.3. The minimum atomic E-state index is -0.565. The molecule has 1 N–H and O–H groups in total. The van der Waals surface area contributed by atoms with Crippen LogP contribution in [-0.2, 0) is 14.3 Å². The van der Waals surface area contributed by atoms with Crippen LogP contribution in [0.4, 0.5) is 4.79 Å². The lowest BCUT2D eigenvalue weighted by Crippen LogP contribution is -2.31. The molecule has 0 aromatic rings. The average molecular weight is 231 g/mol. The zero-order valence-electron chi connectivity index (χ0n) is 10.1. The van der Waals surface area contributed by atoms with Crippen molar-refractivity contribution in [3.63, 3.8) is 0 Å². The molecule has 0 bridgehead atoms. The third-order valence-electron chi connectivity index (χ3n) is 1.91. The molecule has 94 valence electrons. The smallest absolute Gasteiger partial charge is 0.407 e. The van der Waals surface area contributed by atoms with E-state index < -0.39 is 12.1 Å². The Kier molecular flexibility index (Phi) is 9.46.